The molecule has 2 N–H and O–H groups in total. The molecule has 0 amide bonds. The average molecular weight is 279 g/mol. The van der Waals surface area contributed by atoms with Crippen LogP contribution in [0.3, 0.4) is 0 Å². The van der Waals surface area contributed by atoms with Gasteiger partial charge in [-0.15, -0.1) is 0 Å². The Morgan fingerprint density at radius 1 is 1.50 bits per heavy atom. The largest absolute Gasteiger partial charge is 0.491 e. The molecule has 0 aromatic heterocycles. The van der Waals surface area contributed by atoms with Gasteiger partial charge in [-0.2, -0.15) is 0 Å². The lowest BCUT2D eigenvalue weighted by Gasteiger charge is -2.22. The second-order valence-electron chi connectivity index (χ2n) is 5.53. The van der Waals surface area contributed by atoms with E-state index in [0.717, 1.165) is 30.8 Å². The molecule has 4 nitrogen and oxygen atoms in total. The van der Waals surface area contributed by atoms with E-state index < -0.39 is 6.10 Å². The molecule has 0 spiro atoms. The molecule has 1 aromatic rings. The van der Waals surface area contributed by atoms with Crippen molar-refractivity contribution in [2.75, 3.05) is 19.8 Å². The zero-order valence-electron chi connectivity index (χ0n) is 12.3. The van der Waals surface area contributed by atoms with Crippen LogP contribution in [0.5, 0.6) is 5.75 Å². The summed E-state index contributed by atoms with van der Waals surface area (Å²) in [7, 11) is 0. The molecule has 1 aliphatic rings. The van der Waals surface area contributed by atoms with Gasteiger partial charge in [0.2, 0.25) is 0 Å². The van der Waals surface area contributed by atoms with E-state index >= 15 is 0 Å². The highest BCUT2D eigenvalue weighted by molar-refractivity contribution is 5.27. The van der Waals surface area contributed by atoms with Gasteiger partial charge in [0.15, 0.2) is 0 Å². The van der Waals surface area contributed by atoms with E-state index in [-0.39, 0.29) is 12.1 Å². The minimum absolute atomic E-state index is 0.270. The summed E-state index contributed by atoms with van der Waals surface area (Å²) < 4.78 is 11.2. The molecule has 20 heavy (non-hydrogen) atoms. The number of hydrogen-bond donors (Lipinski definition) is 2. The molecule has 112 valence electrons. The Labute approximate surface area is 121 Å². The van der Waals surface area contributed by atoms with Gasteiger partial charge in [-0.05, 0) is 44.4 Å². The summed E-state index contributed by atoms with van der Waals surface area (Å²) in [5, 5.41) is 13.3. The second kappa shape index (κ2) is 7.62. The van der Waals surface area contributed by atoms with Gasteiger partial charge < -0.3 is 19.9 Å². The zero-order valence-corrected chi connectivity index (χ0v) is 12.3. The number of benzene rings is 1. The quantitative estimate of drug-likeness (QED) is 0.800. The maximum Gasteiger partial charge on any atom is 0.119 e. The first kappa shape index (κ1) is 15.3. The molecule has 4 heteroatoms. The summed E-state index contributed by atoms with van der Waals surface area (Å²) >= 11 is 0. The lowest BCUT2D eigenvalue weighted by atomic mass is 10.1. The smallest absolute Gasteiger partial charge is 0.119 e. The normalized spacial score (nSPS) is 21.6. The van der Waals surface area contributed by atoms with E-state index in [4.69, 9.17) is 9.47 Å². The molecule has 0 aliphatic carbocycles. The number of nitrogens with one attached hydrogen (secondary N) is 1. The van der Waals surface area contributed by atoms with E-state index in [1.54, 1.807) is 0 Å². The standard InChI is InChI=1S/C16H25NO3/c1-12-5-3-6-15(9-12)20-11-14(18)10-17-13(2)16-7-4-8-19-16/h3,5-6,9,13-14,16-18H,4,7-8,10-11H2,1-2H3. The molecule has 1 saturated heterocycles. The van der Waals surface area contributed by atoms with Crippen LogP contribution < -0.4 is 10.1 Å². The molecule has 3 unspecified atom stereocenters. The number of rotatable bonds is 7. The Balaban J connectivity index is 1.66. The van der Waals surface area contributed by atoms with E-state index in [2.05, 4.69) is 12.2 Å². The van der Waals surface area contributed by atoms with Crippen molar-refractivity contribution in [3.8, 4) is 5.75 Å². The van der Waals surface area contributed by atoms with Crippen LogP contribution in [0.1, 0.15) is 25.3 Å². The lowest BCUT2D eigenvalue weighted by molar-refractivity contribution is 0.0675. The van der Waals surface area contributed by atoms with Gasteiger partial charge in [0.1, 0.15) is 18.5 Å². The van der Waals surface area contributed by atoms with Crippen LogP contribution in [0.15, 0.2) is 24.3 Å². The van der Waals surface area contributed by atoms with Crippen molar-refractivity contribution in [1.82, 2.24) is 5.32 Å². The van der Waals surface area contributed by atoms with Crippen molar-refractivity contribution in [3.05, 3.63) is 29.8 Å². The van der Waals surface area contributed by atoms with Crippen LogP contribution in [0.4, 0.5) is 0 Å². The fourth-order valence-electron chi connectivity index (χ4n) is 2.41. The number of aliphatic hydroxyl groups excluding tert-OH is 1. The Kier molecular flexibility index (Phi) is 5.83. The second-order valence-corrected chi connectivity index (χ2v) is 5.53. The monoisotopic (exact) mass is 279 g/mol. The van der Waals surface area contributed by atoms with Crippen molar-refractivity contribution in [2.45, 2.75) is 44.9 Å². The molecule has 1 aliphatic heterocycles. The van der Waals surface area contributed by atoms with Gasteiger partial charge >= 0.3 is 0 Å². The molecule has 0 bridgehead atoms. The van der Waals surface area contributed by atoms with E-state index in [1.807, 2.05) is 31.2 Å². The first-order valence-corrected chi connectivity index (χ1v) is 7.37. The Hall–Kier alpha value is -1.10. The molecule has 0 saturated carbocycles. The summed E-state index contributed by atoms with van der Waals surface area (Å²) in [4.78, 5) is 0. The zero-order chi connectivity index (χ0) is 14.4. The highest BCUT2D eigenvalue weighted by Gasteiger charge is 2.22. The third-order valence-electron chi connectivity index (χ3n) is 3.63. The van der Waals surface area contributed by atoms with Gasteiger partial charge in [-0.1, -0.05) is 12.1 Å². The predicted molar refractivity (Wildman–Crippen MR) is 79.1 cm³/mol. The lowest BCUT2D eigenvalue weighted by Crippen LogP contribution is -2.42. The summed E-state index contributed by atoms with van der Waals surface area (Å²) in [5.41, 5.74) is 1.15. The predicted octanol–water partition coefficient (Wildman–Crippen LogP) is 1.89. The fourth-order valence-corrected chi connectivity index (χ4v) is 2.41. The number of ether oxygens (including phenoxy) is 2. The van der Waals surface area contributed by atoms with Crippen molar-refractivity contribution < 1.29 is 14.6 Å². The molecule has 3 atom stereocenters. The molecular weight excluding hydrogens is 254 g/mol. The van der Waals surface area contributed by atoms with Crippen LogP contribution in [-0.4, -0.2) is 43.1 Å². The SMILES string of the molecule is Cc1cccc(OCC(O)CNC(C)C2CCCO2)c1. The Bertz CT molecular complexity index is 404. The van der Waals surface area contributed by atoms with Crippen molar-refractivity contribution in [2.24, 2.45) is 0 Å². The van der Waals surface area contributed by atoms with E-state index in [0.29, 0.717) is 13.2 Å². The molecule has 0 radical (unpaired) electrons. The van der Waals surface area contributed by atoms with Gasteiger partial charge in [0, 0.05) is 19.2 Å². The number of hydrogen-bond acceptors (Lipinski definition) is 4. The summed E-state index contributed by atoms with van der Waals surface area (Å²) in [6.07, 6.45) is 2.00. The van der Waals surface area contributed by atoms with Crippen LogP contribution in [-0.2, 0) is 4.74 Å². The first-order valence-electron chi connectivity index (χ1n) is 7.37. The van der Waals surface area contributed by atoms with E-state index in [9.17, 15) is 5.11 Å². The van der Waals surface area contributed by atoms with Gasteiger partial charge in [0.05, 0.1) is 6.10 Å². The van der Waals surface area contributed by atoms with Crippen LogP contribution >= 0.6 is 0 Å². The van der Waals surface area contributed by atoms with Crippen molar-refractivity contribution >= 4 is 0 Å². The van der Waals surface area contributed by atoms with Crippen molar-refractivity contribution in [3.63, 3.8) is 0 Å². The van der Waals surface area contributed by atoms with Crippen LogP contribution in [0.25, 0.3) is 0 Å². The highest BCUT2D eigenvalue weighted by atomic mass is 16.5. The minimum Gasteiger partial charge on any atom is -0.491 e. The van der Waals surface area contributed by atoms with Crippen molar-refractivity contribution in [1.29, 1.82) is 0 Å². The Morgan fingerprint density at radius 2 is 2.35 bits per heavy atom. The fraction of sp³-hybridized carbons (Fsp3) is 0.625. The highest BCUT2D eigenvalue weighted by Crippen LogP contribution is 2.15. The minimum atomic E-state index is -0.514. The molecule has 1 fully saturated rings. The maximum absolute atomic E-state index is 9.94. The maximum atomic E-state index is 9.94. The summed E-state index contributed by atoms with van der Waals surface area (Å²) in [6, 6.07) is 8.12. The Morgan fingerprint density at radius 3 is 3.05 bits per heavy atom. The summed E-state index contributed by atoms with van der Waals surface area (Å²) in [6.45, 7) is 5.80. The van der Waals surface area contributed by atoms with Crippen LogP contribution in [0, 0.1) is 6.92 Å². The third-order valence-corrected chi connectivity index (χ3v) is 3.63. The molecule has 1 aromatic carbocycles. The topological polar surface area (TPSA) is 50.7 Å². The number of aryl methyl sites for hydroxylation is 1. The summed E-state index contributed by atoms with van der Waals surface area (Å²) in [5.74, 6) is 0.802. The van der Waals surface area contributed by atoms with E-state index in [1.165, 1.54) is 0 Å². The van der Waals surface area contributed by atoms with Gasteiger partial charge in [-0.25, -0.2) is 0 Å². The third kappa shape index (κ3) is 4.78. The molecular formula is C16H25NO3. The van der Waals surface area contributed by atoms with Gasteiger partial charge in [-0.3, -0.25) is 0 Å². The molecule has 1 heterocycles. The number of aliphatic hydroxyl groups is 1. The van der Waals surface area contributed by atoms with Crippen LogP contribution in [0.2, 0.25) is 0 Å². The average Bonchev–Trinajstić information content (AvgIpc) is 2.97. The van der Waals surface area contributed by atoms with Gasteiger partial charge in [0.25, 0.3) is 0 Å². The first-order chi connectivity index (χ1) is 9.65. The molecule has 2 rings (SSSR count).